The summed E-state index contributed by atoms with van der Waals surface area (Å²) in [7, 11) is 0. The largest absolute Gasteiger partial charge is 0.433 e. The van der Waals surface area contributed by atoms with Crippen LogP contribution in [0.15, 0.2) is 70.8 Å². The van der Waals surface area contributed by atoms with Gasteiger partial charge in [0.25, 0.3) is 0 Å². The average molecular weight is 605 g/mol. The molecule has 0 spiro atoms. The fourth-order valence-electron chi connectivity index (χ4n) is 5.01. The van der Waals surface area contributed by atoms with Crippen LogP contribution in [0.3, 0.4) is 0 Å². The van der Waals surface area contributed by atoms with Gasteiger partial charge in [-0.05, 0) is 54.2 Å². The molecule has 0 bridgehead atoms. The van der Waals surface area contributed by atoms with E-state index in [1.165, 1.54) is 6.08 Å². The number of rotatable bonds is 5. The highest BCUT2D eigenvalue weighted by atomic mass is 35.5. The quantitative estimate of drug-likeness (QED) is 0.240. The van der Waals surface area contributed by atoms with Crippen LogP contribution in [0.1, 0.15) is 43.2 Å². The number of halogens is 12. The molecule has 4 unspecified atom stereocenters. The third-order valence-electron chi connectivity index (χ3n) is 6.83. The van der Waals surface area contributed by atoms with Gasteiger partial charge in [0.15, 0.2) is 0 Å². The van der Waals surface area contributed by atoms with E-state index in [9.17, 15) is 43.9 Å². The molecule has 0 N–H and O–H groups in total. The van der Waals surface area contributed by atoms with Gasteiger partial charge >= 0.3 is 12.3 Å². The third-order valence-corrected chi connectivity index (χ3v) is 7.26. The summed E-state index contributed by atoms with van der Waals surface area (Å²) in [5.74, 6) is -11.3. The van der Waals surface area contributed by atoms with E-state index in [1.807, 2.05) is 0 Å². The molecule has 1 aromatic rings. The van der Waals surface area contributed by atoms with Gasteiger partial charge in [-0.2, -0.15) is 22.0 Å². The molecule has 1 nitrogen and oxygen atoms in total. The van der Waals surface area contributed by atoms with Crippen molar-refractivity contribution in [1.29, 1.82) is 0 Å². The average Bonchev–Trinajstić information content (AvgIpc) is 2.76. The molecule has 0 aliphatic heterocycles. The van der Waals surface area contributed by atoms with Crippen molar-refractivity contribution >= 4 is 11.6 Å². The Morgan fingerprint density at radius 1 is 0.950 bits per heavy atom. The van der Waals surface area contributed by atoms with Crippen molar-refractivity contribution in [3.05, 3.63) is 93.6 Å². The fraction of sp³-hybridized carbons (Fsp3) is 0.407. The first-order chi connectivity index (χ1) is 18.5. The van der Waals surface area contributed by atoms with E-state index < -0.39 is 93.7 Å². The van der Waals surface area contributed by atoms with Crippen LogP contribution in [-0.2, 0) is 10.8 Å². The molecular weight excluding hydrogens is 585 g/mol. The Morgan fingerprint density at radius 3 is 2.10 bits per heavy atom. The summed E-state index contributed by atoms with van der Waals surface area (Å²) in [5, 5.41) is -1.16. The minimum absolute atomic E-state index is 0.0388. The lowest BCUT2D eigenvalue weighted by atomic mass is 9.78. The monoisotopic (exact) mass is 604 g/mol. The highest BCUT2D eigenvalue weighted by molar-refractivity contribution is 6.21. The predicted molar refractivity (Wildman–Crippen MR) is 124 cm³/mol. The Bertz CT molecular complexity index is 1320. The minimum atomic E-state index is -5.43. The minimum Gasteiger partial charge on any atom is -0.433 e. The lowest BCUT2D eigenvalue weighted by Gasteiger charge is -2.32. The highest BCUT2D eigenvalue weighted by Gasteiger charge is 2.47. The maximum Gasteiger partial charge on any atom is 0.432 e. The van der Waals surface area contributed by atoms with E-state index in [0.29, 0.717) is 18.6 Å². The zero-order chi connectivity index (χ0) is 29.7. The van der Waals surface area contributed by atoms with Gasteiger partial charge in [0.1, 0.15) is 52.2 Å². The SMILES string of the molecule is CC1C=C(F)C(C2C=C(F)C(c3cc(F)c(C(F)(F)OC4=CC(F)=C(C(F)(F)F)C(F)C4)c(F)c3)[C@@H](Cl)C2)=CC1. The summed E-state index contributed by atoms with van der Waals surface area (Å²) in [5.41, 5.74) is -4.51. The molecule has 3 aliphatic rings. The standard InChI is InChI=1S/C27H20ClF11O/c1-11-2-3-15(17(29)4-11)12-5-16(28)23(18(30)6-12)13-7-19(31)25(20(32)8-13)27(38,39)40-14-9-21(33)24(22(34)10-14)26(35,36)37/h3-4,6-9,11-12,16,22-23H,2,5,10H2,1H3/t11?,12?,16-,22?,23?/m0/s1. The number of hydrogen-bond acceptors (Lipinski definition) is 1. The molecule has 5 atom stereocenters. The highest BCUT2D eigenvalue weighted by Crippen LogP contribution is 2.47. The molecule has 3 aliphatic carbocycles. The molecule has 40 heavy (non-hydrogen) atoms. The number of allylic oxidation sites excluding steroid dienone is 10. The summed E-state index contributed by atoms with van der Waals surface area (Å²) in [6.45, 7) is 1.79. The normalized spacial score (nSPS) is 28.1. The first kappa shape index (κ1) is 30.2. The number of benzene rings is 1. The second-order valence-electron chi connectivity index (χ2n) is 9.79. The van der Waals surface area contributed by atoms with Crippen LogP contribution < -0.4 is 0 Å². The summed E-state index contributed by atoms with van der Waals surface area (Å²) in [6, 6.07) is 0.752. The summed E-state index contributed by atoms with van der Waals surface area (Å²) >= 11 is 6.31. The molecule has 0 aromatic heterocycles. The van der Waals surface area contributed by atoms with Crippen molar-refractivity contribution in [2.75, 3.05) is 0 Å². The van der Waals surface area contributed by atoms with Gasteiger partial charge in [-0.1, -0.05) is 13.0 Å². The zero-order valence-corrected chi connectivity index (χ0v) is 21.2. The lowest BCUT2D eigenvalue weighted by molar-refractivity contribution is -0.230. The molecule has 1 aromatic carbocycles. The smallest absolute Gasteiger partial charge is 0.432 e. The van der Waals surface area contributed by atoms with E-state index in [0.717, 1.165) is 6.08 Å². The molecule has 0 heterocycles. The molecule has 0 saturated heterocycles. The van der Waals surface area contributed by atoms with Gasteiger partial charge in [0.2, 0.25) is 0 Å². The van der Waals surface area contributed by atoms with E-state index >= 15 is 4.39 Å². The Balaban J connectivity index is 1.60. The van der Waals surface area contributed by atoms with E-state index in [2.05, 4.69) is 4.74 Å². The Morgan fingerprint density at radius 2 is 1.57 bits per heavy atom. The van der Waals surface area contributed by atoms with Gasteiger partial charge in [-0.3, -0.25) is 0 Å². The second kappa shape index (κ2) is 10.9. The second-order valence-corrected chi connectivity index (χ2v) is 10.4. The van der Waals surface area contributed by atoms with E-state index in [-0.39, 0.29) is 24.0 Å². The summed E-state index contributed by atoms with van der Waals surface area (Å²) in [6.07, 6.45) is -10.6. The lowest BCUT2D eigenvalue weighted by Crippen LogP contribution is -2.28. The Labute approximate surface area is 226 Å². The van der Waals surface area contributed by atoms with Gasteiger partial charge in [-0.15, -0.1) is 11.6 Å². The van der Waals surface area contributed by atoms with Crippen LogP contribution >= 0.6 is 11.6 Å². The molecule has 0 radical (unpaired) electrons. The van der Waals surface area contributed by atoms with Crippen LogP contribution in [0.5, 0.6) is 0 Å². The Hall–Kier alpha value is -2.76. The van der Waals surface area contributed by atoms with Crippen molar-refractivity contribution in [3.63, 3.8) is 0 Å². The van der Waals surface area contributed by atoms with Gasteiger partial charge in [0.05, 0.1) is 5.92 Å². The Kier molecular flexibility index (Phi) is 8.23. The van der Waals surface area contributed by atoms with Crippen molar-refractivity contribution in [1.82, 2.24) is 0 Å². The van der Waals surface area contributed by atoms with Gasteiger partial charge in [-0.25, -0.2) is 26.3 Å². The molecule has 13 heteroatoms. The van der Waals surface area contributed by atoms with E-state index in [1.54, 1.807) is 13.0 Å². The van der Waals surface area contributed by atoms with Crippen molar-refractivity contribution in [3.8, 4) is 0 Å². The fourth-order valence-corrected chi connectivity index (χ4v) is 5.47. The van der Waals surface area contributed by atoms with Crippen molar-refractivity contribution in [2.45, 2.75) is 55.9 Å². The molecular formula is C27H20ClF11O. The molecule has 0 amide bonds. The maximum absolute atomic E-state index is 15.1. The maximum atomic E-state index is 15.1. The van der Waals surface area contributed by atoms with Crippen LogP contribution in [0, 0.1) is 23.5 Å². The topological polar surface area (TPSA) is 9.23 Å². The van der Waals surface area contributed by atoms with Crippen molar-refractivity contribution in [2.24, 2.45) is 11.8 Å². The van der Waals surface area contributed by atoms with Crippen LogP contribution in [0.4, 0.5) is 48.3 Å². The summed E-state index contributed by atoms with van der Waals surface area (Å²) < 4.78 is 159. The molecule has 218 valence electrons. The predicted octanol–water partition coefficient (Wildman–Crippen LogP) is 9.83. The molecule has 0 fully saturated rings. The van der Waals surface area contributed by atoms with Gasteiger partial charge < -0.3 is 4.74 Å². The first-order valence-electron chi connectivity index (χ1n) is 12.0. The number of ether oxygens (including phenoxy) is 1. The number of alkyl halides is 7. The van der Waals surface area contributed by atoms with Gasteiger partial charge in [0, 0.05) is 23.8 Å². The van der Waals surface area contributed by atoms with Crippen LogP contribution in [-0.4, -0.2) is 17.7 Å². The molecule has 0 saturated carbocycles. The first-order valence-corrected chi connectivity index (χ1v) is 12.4. The summed E-state index contributed by atoms with van der Waals surface area (Å²) in [4.78, 5) is 0. The number of hydrogen-bond donors (Lipinski definition) is 0. The third kappa shape index (κ3) is 5.96. The molecule has 4 rings (SSSR count). The zero-order valence-electron chi connectivity index (χ0n) is 20.4. The van der Waals surface area contributed by atoms with Crippen LogP contribution in [0.25, 0.3) is 0 Å². The van der Waals surface area contributed by atoms with Crippen LogP contribution in [0.2, 0.25) is 0 Å². The van der Waals surface area contributed by atoms with E-state index in [4.69, 9.17) is 11.6 Å². The van der Waals surface area contributed by atoms with Crippen molar-refractivity contribution < 1.29 is 53.0 Å².